The lowest BCUT2D eigenvalue weighted by Gasteiger charge is -2.13. The van der Waals surface area contributed by atoms with Gasteiger partial charge in [-0.3, -0.25) is 0 Å². The molecule has 8 nitrogen and oxygen atoms in total. The highest BCUT2D eigenvalue weighted by Crippen LogP contribution is 1.87. The monoisotopic (exact) mass is 252 g/mol. The molecule has 0 spiro atoms. The number of aliphatic hydroxyl groups excluding tert-OH is 2. The molecule has 8 N–H and O–H groups in total. The molecule has 0 fully saturated rings. The average Bonchev–Trinajstić information content (AvgIpc) is 2.33. The summed E-state index contributed by atoms with van der Waals surface area (Å²) in [6, 6.07) is 0. The molecule has 0 heterocycles. The Labute approximate surface area is 101 Å². The Balaban J connectivity index is 3.22. The Morgan fingerprint density at radius 2 is 1.29 bits per heavy atom. The maximum Gasteiger partial charge on any atom is 0.146 e. The zero-order valence-corrected chi connectivity index (χ0v) is 9.97. The van der Waals surface area contributed by atoms with Gasteiger partial charge in [0.25, 0.3) is 0 Å². The van der Waals surface area contributed by atoms with Gasteiger partial charge in [0.1, 0.15) is 6.79 Å². The molecule has 2 unspecified atom stereocenters. The van der Waals surface area contributed by atoms with Crippen LogP contribution in [0.25, 0.3) is 0 Å². The largest absolute Gasteiger partial charge is 0.389 e. The van der Waals surface area contributed by atoms with Crippen LogP contribution >= 0.6 is 0 Å². The second-order valence-corrected chi connectivity index (χ2v) is 3.48. The van der Waals surface area contributed by atoms with Gasteiger partial charge in [0.2, 0.25) is 0 Å². The van der Waals surface area contributed by atoms with Crippen molar-refractivity contribution in [2.24, 2.45) is 11.5 Å². The molecule has 0 aromatic heterocycles. The molecular weight excluding hydrogens is 228 g/mol. The first-order valence-corrected chi connectivity index (χ1v) is 5.53. The molecule has 17 heavy (non-hydrogen) atoms. The summed E-state index contributed by atoms with van der Waals surface area (Å²) in [5.74, 6) is 0. The van der Waals surface area contributed by atoms with Crippen LogP contribution in [0, 0.1) is 0 Å². The third kappa shape index (κ3) is 11.9. The second-order valence-electron chi connectivity index (χ2n) is 3.48. The zero-order valence-electron chi connectivity index (χ0n) is 9.97. The van der Waals surface area contributed by atoms with Gasteiger partial charge in [-0.05, 0) is 0 Å². The lowest BCUT2D eigenvalue weighted by molar-refractivity contribution is -0.0957. The smallest absolute Gasteiger partial charge is 0.146 e. The quantitative estimate of drug-likeness (QED) is 0.157. The maximum absolute atomic E-state index is 9.33. The highest BCUT2D eigenvalue weighted by molar-refractivity contribution is 4.57. The van der Waals surface area contributed by atoms with Crippen molar-refractivity contribution in [3.63, 3.8) is 0 Å². The molecule has 0 aromatic carbocycles. The van der Waals surface area contributed by atoms with Gasteiger partial charge < -0.3 is 41.8 Å². The highest BCUT2D eigenvalue weighted by atomic mass is 16.7. The van der Waals surface area contributed by atoms with Crippen LogP contribution in [0.5, 0.6) is 0 Å². The van der Waals surface area contributed by atoms with Gasteiger partial charge in [-0.1, -0.05) is 0 Å². The minimum absolute atomic E-state index is 0.0272. The van der Waals surface area contributed by atoms with E-state index in [1.54, 1.807) is 0 Å². The van der Waals surface area contributed by atoms with Crippen molar-refractivity contribution in [3.8, 4) is 0 Å². The maximum atomic E-state index is 9.33. The van der Waals surface area contributed by atoms with E-state index in [1.165, 1.54) is 0 Å². The van der Waals surface area contributed by atoms with E-state index in [9.17, 15) is 10.2 Å². The number of aliphatic hydroxyl groups is 2. The number of hydrogen-bond acceptors (Lipinski definition) is 8. The lowest BCUT2D eigenvalue weighted by atomic mass is 10.4. The average molecular weight is 252 g/mol. The van der Waals surface area contributed by atoms with Crippen LogP contribution in [0.1, 0.15) is 0 Å². The first kappa shape index (κ1) is 16.7. The van der Waals surface area contributed by atoms with E-state index in [-0.39, 0.29) is 20.0 Å². The van der Waals surface area contributed by atoms with E-state index >= 15 is 0 Å². The number of hydrogen-bond donors (Lipinski definition) is 6. The standard InChI is InChI=1S/C9H24N4O4/c10-5-12-1-8(14)3-16-7-17-4-9(15)2-13-6-11/h8-9,12-15H,1-7,10-11H2. The Kier molecular flexibility index (Phi) is 11.9. The summed E-state index contributed by atoms with van der Waals surface area (Å²) in [6.45, 7) is 1.72. The molecular formula is C9H24N4O4. The predicted octanol–water partition coefficient (Wildman–Crippen LogP) is -3.29. The molecule has 0 bridgehead atoms. The lowest BCUT2D eigenvalue weighted by Crippen LogP contribution is -2.35. The molecule has 0 amide bonds. The molecule has 0 aliphatic carbocycles. The summed E-state index contributed by atoms with van der Waals surface area (Å²) in [5.41, 5.74) is 10.4. The van der Waals surface area contributed by atoms with Gasteiger partial charge in [0.15, 0.2) is 0 Å². The number of ether oxygens (including phenoxy) is 2. The molecule has 104 valence electrons. The van der Waals surface area contributed by atoms with Gasteiger partial charge in [0, 0.05) is 26.4 Å². The summed E-state index contributed by atoms with van der Waals surface area (Å²) in [6.07, 6.45) is -1.24. The summed E-state index contributed by atoms with van der Waals surface area (Å²) in [5, 5.41) is 24.2. The highest BCUT2D eigenvalue weighted by Gasteiger charge is 2.05. The van der Waals surface area contributed by atoms with Crippen molar-refractivity contribution in [1.82, 2.24) is 10.6 Å². The van der Waals surface area contributed by atoms with Crippen molar-refractivity contribution in [1.29, 1.82) is 0 Å². The third-order valence-electron chi connectivity index (χ3n) is 1.84. The van der Waals surface area contributed by atoms with E-state index in [0.29, 0.717) is 26.4 Å². The summed E-state index contributed by atoms with van der Waals surface area (Å²) >= 11 is 0. The van der Waals surface area contributed by atoms with Crippen LogP contribution in [0.15, 0.2) is 0 Å². The second kappa shape index (κ2) is 12.1. The summed E-state index contributed by atoms with van der Waals surface area (Å²) < 4.78 is 10.1. The topological polar surface area (TPSA) is 135 Å². The van der Waals surface area contributed by atoms with Gasteiger partial charge in [-0.25, -0.2) is 0 Å². The Bertz CT molecular complexity index is 148. The van der Waals surface area contributed by atoms with Gasteiger partial charge in [-0.15, -0.1) is 0 Å². The molecule has 8 heteroatoms. The molecule has 0 saturated carbocycles. The summed E-state index contributed by atoms with van der Waals surface area (Å²) in [4.78, 5) is 0. The minimum atomic E-state index is -0.619. The minimum Gasteiger partial charge on any atom is -0.389 e. The van der Waals surface area contributed by atoms with Crippen molar-refractivity contribution in [2.75, 3.05) is 46.4 Å². The van der Waals surface area contributed by atoms with Crippen LogP contribution < -0.4 is 22.1 Å². The third-order valence-corrected chi connectivity index (χ3v) is 1.84. The van der Waals surface area contributed by atoms with Crippen LogP contribution in [-0.4, -0.2) is 68.9 Å². The van der Waals surface area contributed by atoms with Gasteiger partial charge >= 0.3 is 0 Å². The molecule has 0 radical (unpaired) electrons. The number of nitrogens with two attached hydrogens (primary N) is 2. The molecule has 0 aromatic rings. The normalized spacial score (nSPS) is 14.8. The van der Waals surface area contributed by atoms with Crippen molar-refractivity contribution in [3.05, 3.63) is 0 Å². The van der Waals surface area contributed by atoms with Crippen molar-refractivity contribution >= 4 is 0 Å². The molecule has 0 aliphatic rings. The fraction of sp³-hybridized carbons (Fsp3) is 1.00. The molecule has 0 saturated heterocycles. The number of nitrogens with one attached hydrogen (secondary N) is 2. The fourth-order valence-electron chi connectivity index (χ4n) is 1.04. The van der Waals surface area contributed by atoms with Crippen molar-refractivity contribution < 1.29 is 19.7 Å². The Morgan fingerprint density at radius 3 is 1.65 bits per heavy atom. The number of rotatable bonds is 12. The van der Waals surface area contributed by atoms with E-state index in [2.05, 4.69) is 10.6 Å². The first-order valence-electron chi connectivity index (χ1n) is 5.53. The van der Waals surface area contributed by atoms with Gasteiger partial charge in [0.05, 0.1) is 25.4 Å². The summed E-state index contributed by atoms with van der Waals surface area (Å²) in [7, 11) is 0. The SMILES string of the molecule is NCNCC(O)COCOCC(O)CNCN. The Morgan fingerprint density at radius 1 is 0.882 bits per heavy atom. The van der Waals surface area contributed by atoms with E-state index in [1.807, 2.05) is 0 Å². The van der Waals surface area contributed by atoms with E-state index in [0.717, 1.165) is 0 Å². The van der Waals surface area contributed by atoms with Crippen LogP contribution in [0.3, 0.4) is 0 Å². The predicted molar refractivity (Wildman–Crippen MR) is 62.9 cm³/mol. The molecule has 0 aliphatic heterocycles. The fourth-order valence-corrected chi connectivity index (χ4v) is 1.04. The van der Waals surface area contributed by atoms with Crippen LogP contribution in [0.4, 0.5) is 0 Å². The first-order chi connectivity index (χ1) is 8.20. The molecule has 0 rings (SSSR count). The van der Waals surface area contributed by atoms with E-state index in [4.69, 9.17) is 20.9 Å². The van der Waals surface area contributed by atoms with Gasteiger partial charge in [-0.2, -0.15) is 0 Å². The van der Waals surface area contributed by atoms with E-state index < -0.39 is 12.2 Å². The van der Waals surface area contributed by atoms with Crippen molar-refractivity contribution in [2.45, 2.75) is 12.2 Å². The zero-order chi connectivity index (χ0) is 12.9. The van der Waals surface area contributed by atoms with Crippen LogP contribution in [-0.2, 0) is 9.47 Å². The Hall–Kier alpha value is -0.320. The van der Waals surface area contributed by atoms with Crippen LogP contribution in [0.2, 0.25) is 0 Å². The molecule has 2 atom stereocenters.